The zero-order valence-corrected chi connectivity index (χ0v) is 12.2. The van der Waals surface area contributed by atoms with Crippen molar-refractivity contribution in [2.24, 2.45) is 0 Å². The van der Waals surface area contributed by atoms with Crippen molar-refractivity contribution in [2.75, 3.05) is 11.9 Å². The van der Waals surface area contributed by atoms with E-state index in [9.17, 15) is 4.79 Å². The van der Waals surface area contributed by atoms with Gasteiger partial charge in [-0.15, -0.1) is 0 Å². The van der Waals surface area contributed by atoms with Gasteiger partial charge in [-0.2, -0.15) is 0 Å². The number of hydrogen-bond donors (Lipinski definition) is 0. The van der Waals surface area contributed by atoms with E-state index in [-0.39, 0.29) is 5.91 Å². The SMILES string of the molecule is C=C/C=C(\C(=C)C)C(=O)N(C)c1ccc(Br)cc1. The molecule has 0 spiro atoms. The number of benzene rings is 1. The largest absolute Gasteiger partial charge is 0.311 e. The average molecular weight is 306 g/mol. The van der Waals surface area contributed by atoms with Crippen LogP contribution >= 0.6 is 15.9 Å². The van der Waals surface area contributed by atoms with E-state index in [0.29, 0.717) is 5.57 Å². The van der Waals surface area contributed by atoms with Crippen LogP contribution in [0.2, 0.25) is 0 Å². The number of rotatable bonds is 4. The van der Waals surface area contributed by atoms with E-state index in [1.165, 1.54) is 0 Å². The second-order valence-electron chi connectivity index (χ2n) is 3.94. The second-order valence-corrected chi connectivity index (χ2v) is 4.85. The zero-order valence-electron chi connectivity index (χ0n) is 10.6. The topological polar surface area (TPSA) is 20.3 Å². The first-order valence-electron chi connectivity index (χ1n) is 5.49. The van der Waals surface area contributed by atoms with E-state index in [2.05, 4.69) is 29.1 Å². The highest BCUT2D eigenvalue weighted by Gasteiger charge is 2.16. The summed E-state index contributed by atoms with van der Waals surface area (Å²) in [5.41, 5.74) is 2.12. The molecule has 0 N–H and O–H groups in total. The van der Waals surface area contributed by atoms with Gasteiger partial charge in [0.25, 0.3) is 5.91 Å². The smallest absolute Gasteiger partial charge is 0.258 e. The van der Waals surface area contributed by atoms with E-state index in [4.69, 9.17) is 0 Å². The zero-order chi connectivity index (χ0) is 13.7. The van der Waals surface area contributed by atoms with Crippen molar-refractivity contribution in [3.05, 3.63) is 65.2 Å². The summed E-state index contributed by atoms with van der Waals surface area (Å²) in [5, 5.41) is 0. The molecule has 1 amide bonds. The summed E-state index contributed by atoms with van der Waals surface area (Å²) in [6.07, 6.45) is 3.28. The molecular weight excluding hydrogens is 290 g/mol. The van der Waals surface area contributed by atoms with Gasteiger partial charge in [-0.3, -0.25) is 4.79 Å². The summed E-state index contributed by atoms with van der Waals surface area (Å²) in [6.45, 7) is 9.24. The van der Waals surface area contributed by atoms with Crippen LogP contribution in [0.1, 0.15) is 6.92 Å². The normalized spacial score (nSPS) is 10.9. The maximum absolute atomic E-state index is 12.3. The van der Waals surface area contributed by atoms with Crippen LogP contribution < -0.4 is 4.90 Å². The van der Waals surface area contributed by atoms with Gasteiger partial charge in [-0.05, 0) is 42.8 Å². The predicted molar refractivity (Wildman–Crippen MR) is 80.6 cm³/mol. The predicted octanol–water partition coefficient (Wildman–Crippen LogP) is 4.10. The number of anilines is 1. The second kappa shape index (κ2) is 6.36. The van der Waals surface area contributed by atoms with Crippen LogP contribution in [0, 0.1) is 0 Å². The standard InChI is InChI=1S/C15H16BrNO/c1-5-6-14(11(2)3)15(18)17(4)13-9-7-12(16)8-10-13/h5-10H,1-2H2,3-4H3/b14-6+. The lowest BCUT2D eigenvalue weighted by atomic mass is 10.1. The highest BCUT2D eigenvalue weighted by Crippen LogP contribution is 2.20. The van der Waals surface area contributed by atoms with Crippen LogP contribution in [-0.4, -0.2) is 13.0 Å². The van der Waals surface area contributed by atoms with Crippen LogP contribution in [0.5, 0.6) is 0 Å². The number of allylic oxidation sites excluding steroid dienone is 2. The van der Waals surface area contributed by atoms with Crippen LogP contribution in [0.4, 0.5) is 5.69 Å². The highest BCUT2D eigenvalue weighted by molar-refractivity contribution is 9.10. The third-order valence-electron chi connectivity index (χ3n) is 2.49. The fourth-order valence-electron chi connectivity index (χ4n) is 1.48. The first-order chi connectivity index (χ1) is 8.47. The third kappa shape index (κ3) is 3.44. The highest BCUT2D eigenvalue weighted by atomic mass is 79.9. The first kappa shape index (κ1) is 14.5. The molecule has 2 nitrogen and oxygen atoms in total. The minimum Gasteiger partial charge on any atom is -0.311 e. The van der Waals surface area contributed by atoms with Gasteiger partial charge >= 0.3 is 0 Å². The van der Waals surface area contributed by atoms with Crippen molar-refractivity contribution < 1.29 is 4.79 Å². The minimum absolute atomic E-state index is 0.0928. The molecule has 1 aromatic carbocycles. The van der Waals surface area contributed by atoms with Crippen molar-refractivity contribution in [1.82, 2.24) is 0 Å². The Morgan fingerprint density at radius 1 is 1.33 bits per heavy atom. The fourth-order valence-corrected chi connectivity index (χ4v) is 1.74. The molecule has 94 valence electrons. The third-order valence-corrected chi connectivity index (χ3v) is 3.02. The Morgan fingerprint density at radius 2 is 1.89 bits per heavy atom. The molecule has 1 rings (SSSR count). The van der Waals surface area contributed by atoms with E-state index >= 15 is 0 Å². The number of carbonyl (C=O) groups excluding carboxylic acids is 1. The molecule has 0 aliphatic heterocycles. The van der Waals surface area contributed by atoms with E-state index in [1.807, 2.05) is 31.2 Å². The van der Waals surface area contributed by atoms with E-state index in [1.54, 1.807) is 24.1 Å². The van der Waals surface area contributed by atoms with Crippen molar-refractivity contribution in [2.45, 2.75) is 6.92 Å². The maximum atomic E-state index is 12.3. The van der Waals surface area contributed by atoms with Crippen molar-refractivity contribution in [3.63, 3.8) is 0 Å². The molecule has 0 aliphatic carbocycles. The van der Waals surface area contributed by atoms with Gasteiger partial charge in [0.05, 0.1) is 0 Å². The van der Waals surface area contributed by atoms with Crippen molar-refractivity contribution in [1.29, 1.82) is 0 Å². The van der Waals surface area contributed by atoms with Gasteiger partial charge in [0.2, 0.25) is 0 Å². The van der Waals surface area contributed by atoms with Gasteiger partial charge < -0.3 is 4.90 Å². The molecule has 18 heavy (non-hydrogen) atoms. The van der Waals surface area contributed by atoms with E-state index in [0.717, 1.165) is 15.7 Å². The van der Waals surface area contributed by atoms with Crippen LogP contribution in [0.25, 0.3) is 0 Å². The van der Waals surface area contributed by atoms with Crippen LogP contribution in [0.15, 0.2) is 65.2 Å². The van der Waals surface area contributed by atoms with Crippen LogP contribution in [-0.2, 0) is 4.79 Å². The summed E-state index contributed by atoms with van der Waals surface area (Å²) in [7, 11) is 1.74. The molecular formula is C15H16BrNO. The summed E-state index contributed by atoms with van der Waals surface area (Å²) in [4.78, 5) is 13.9. The summed E-state index contributed by atoms with van der Waals surface area (Å²) in [6, 6.07) is 7.56. The maximum Gasteiger partial charge on any atom is 0.258 e. The summed E-state index contributed by atoms with van der Waals surface area (Å²) in [5.74, 6) is -0.0928. The molecule has 3 heteroatoms. The molecule has 0 heterocycles. The van der Waals surface area contributed by atoms with Gasteiger partial charge in [0.1, 0.15) is 0 Å². The molecule has 0 unspecified atom stereocenters. The van der Waals surface area contributed by atoms with Crippen LogP contribution in [0.3, 0.4) is 0 Å². The quantitative estimate of drug-likeness (QED) is 0.606. The molecule has 0 aromatic heterocycles. The molecule has 1 aromatic rings. The Bertz CT molecular complexity index is 500. The van der Waals surface area contributed by atoms with E-state index < -0.39 is 0 Å². The number of amides is 1. The number of nitrogens with zero attached hydrogens (tertiary/aromatic N) is 1. The molecule has 0 saturated heterocycles. The van der Waals surface area contributed by atoms with Gasteiger partial charge in [0, 0.05) is 22.8 Å². The Balaban J connectivity index is 3.02. The van der Waals surface area contributed by atoms with Crippen molar-refractivity contribution in [3.8, 4) is 0 Å². The molecule has 0 fully saturated rings. The Morgan fingerprint density at radius 3 is 2.33 bits per heavy atom. The Hall–Kier alpha value is -1.61. The summed E-state index contributed by atoms with van der Waals surface area (Å²) < 4.78 is 0.980. The lowest BCUT2D eigenvalue weighted by Gasteiger charge is -2.19. The van der Waals surface area contributed by atoms with Crippen molar-refractivity contribution >= 4 is 27.5 Å². The van der Waals surface area contributed by atoms with Gasteiger partial charge in [0.15, 0.2) is 0 Å². The number of halogens is 1. The number of carbonyl (C=O) groups is 1. The number of hydrogen-bond acceptors (Lipinski definition) is 1. The number of likely N-dealkylation sites (N-methyl/N-ethyl adjacent to an activating group) is 1. The van der Waals surface area contributed by atoms with Gasteiger partial charge in [-0.25, -0.2) is 0 Å². The average Bonchev–Trinajstić information content (AvgIpc) is 2.35. The minimum atomic E-state index is -0.0928. The fraction of sp³-hybridized carbons (Fsp3) is 0.133. The molecule has 0 bridgehead atoms. The Labute approximate surface area is 116 Å². The molecule has 0 aliphatic rings. The summed E-state index contributed by atoms with van der Waals surface area (Å²) >= 11 is 3.37. The Kier molecular flexibility index (Phi) is 5.10. The first-order valence-corrected chi connectivity index (χ1v) is 6.29. The molecule has 0 radical (unpaired) electrons. The lowest BCUT2D eigenvalue weighted by Crippen LogP contribution is -2.28. The molecule has 0 saturated carbocycles. The van der Waals surface area contributed by atoms with Gasteiger partial charge in [-0.1, -0.05) is 35.2 Å². The lowest BCUT2D eigenvalue weighted by molar-refractivity contribution is -0.114. The monoisotopic (exact) mass is 305 g/mol. The molecule has 0 atom stereocenters.